The van der Waals surface area contributed by atoms with Crippen LogP contribution in [0.15, 0.2) is 42.0 Å². The first-order valence-electron chi connectivity index (χ1n) is 11.0. The molecule has 2 amide bonds. The Labute approximate surface area is 199 Å². The van der Waals surface area contributed by atoms with Gasteiger partial charge in [0.05, 0.1) is 15.9 Å². The molecular formula is C24H23N5O2S2. The number of nitrogens with one attached hydrogen (secondary N) is 1. The predicted molar refractivity (Wildman–Crippen MR) is 129 cm³/mol. The molecule has 33 heavy (non-hydrogen) atoms. The van der Waals surface area contributed by atoms with E-state index < -0.39 is 0 Å². The van der Waals surface area contributed by atoms with Crippen LogP contribution in [-0.4, -0.2) is 50.2 Å². The largest absolute Gasteiger partial charge is 0.349 e. The first-order chi connectivity index (χ1) is 16.0. The third-order valence-corrected chi connectivity index (χ3v) is 8.37. The number of piperidine rings is 1. The number of carbonyl (C=O) groups is 2. The Morgan fingerprint density at radius 3 is 2.94 bits per heavy atom. The third-order valence-electron chi connectivity index (χ3n) is 6.58. The maximum absolute atomic E-state index is 13.7. The SMILES string of the molecule is Cc1cccc(-c2sc(C)nc2C(=O)N2C[C@H]3C[C@H]3[C@H]2CNC(=O)c2cn3ccsc3n2)c1. The topological polar surface area (TPSA) is 79.6 Å². The van der Waals surface area contributed by atoms with Crippen molar-refractivity contribution in [3.05, 3.63) is 64.0 Å². The molecule has 6 rings (SSSR count). The highest BCUT2D eigenvalue weighted by atomic mass is 32.1. The molecule has 2 fully saturated rings. The summed E-state index contributed by atoms with van der Waals surface area (Å²) in [6, 6.07) is 8.18. The van der Waals surface area contributed by atoms with Crippen LogP contribution in [0.5, 0.6) is 0 Å². The zero-order valence-electron chi connectivity index (χ0n) is 18.3. The van der Waals surface area contributed by atoms with Crippen molar-refractivity contribution in [2.45, 2.75) is 26.3 Å². The number of carbonyl (C=O) groups excluding carboxylic acids is 2. The highest BCUT2D eigenvalue weighted by molar-refractivity contribution is 7.15. The van der Waals surface area contributed by atoms with Gasteiger partial charge in [-0.25, -0.2) is 9.97 Å². The maximum Gasteiger partial charge on any atom is 0.274 e. The highest BCUT2D eigenvalue weighted by Crippen LogP contribution is 2.50. The Kier molecular flexibility index (Phi) is 4.84. The number of imidazole rings is 1. The highest BCUT2D eigenvalue weighted by Gasteiger charge is 2.54. The number of rotatable bonds is 5. The zero-order valence-corrected chi connectivity index (χ0v) is 19.9. The summed E-state index contributed by atoms with van der Waals surface area (Å²) in [5, 5.41) is 5.84. The van der Waals surface area contributed by atoms with Crippen LogP contribution in [0.3, 0.4) is 0 Å². The normalized spacial score (nSPS) is 21.4. The molecule has 1 aliphatic carbocycles. The van der Waals surface area contributed by atoms with Crippen LogP contribution in [0.4, 0.5) is 0 Å². The minimum Gasteiger partial charge on any atom is -0.349 e. The molecule has 0 spiro atoms. The summed E-state index contributed by atoms with van der Waals surface area (Å²) < 4.78 is 1.85. The van der Waals surface area contributed by atoms with Gasteiger partial charge in [-0.15, -0.1) is 22.7 Å². The van der Waals surface area contributed by atoms with Gasteiger partial charge >= 0.3 is 0 Å². The van der Waals surface area contributed by atoms with Gasteiger partial charge in [0, 0.05) is 30.9 Å². The van der Waals surface area contributed by atoms with Gasteiger partial charge in [0.15, 0.2) is 4.96 Å². The van der Waals surface area contributed by atoms with Gasteiger partial charge in [-0.1, -0.05) is 29.8 Å². The monoisotopic (exact) mass is 477 g/mol. The number of likely N-dealkylation sites (tertiary alicyclic amines) is 1. The minimum absolute atomic E-state index is 0.0115. The minimum atomic E-state index is -0.202. The Morgan fingerprint density at radius 1 is 1.24 bits per heavy atom. The Morgan fingerprint density at radius 2 is 2.12 bits per heavy atom. The van der Waals surface area contributed by atoms with Crippen molar-refractivity contribution in [3.63, 3.8) is 0 Å². The molecule has 4 heterocycles. The molecule has 1 N–H and O–H groups in total. The fourth-order valence-corrected chi connectivity index (χ4v) is 6.49. The molecular weight excluding hydrogens is 454 g/mol. The maximum atomic E-state index is 13.7. The van der Waals surface area contributed by atoms with Crippen molar-refractivity contribution in [2.75, 3.05) is 13.1 Å². The van der Waals surface area contributed by atoms with Gasteiger partial charge in [-0.2, -0.15) is 0 Å². The van der Waals surface area contributed by atoms with Crippen molar-refractivity contribution < 1.29 is 9.59 Å². The molecule has 1 aromatic carbocycles. The van der Waals surface area contributed by atoms with Crippen LogP contribution in [0.25, 0.3) is 15.4 Å². The molecule has 0 bridgehead atoms. The summed E-state index contributed by atoms with van der Waals surface area (Å²) in [6.45, 7) is 5.15. The number of nitrogens with zero attached hydrogens (tertiary/aromatic N) is 4. The summed E-state index contributed by atoms with van der Waals surface area (Å²) in [5.41, 5.74) is 3.11. The van der Waals surface area contributed by atoms with E-state index >= 15 is 0 Å². The number of aromatic nitrogens is 3. The number of aryl methyl sites for hydroxylation is 2. The summed E-state index contributed by atoms with van der Waals surface area (Å²) in [6.07, 6.45) is 4.74. The van der Waals surface area contributed by atoms with Crippen LogP contribution >= 0.6 is 22.7 Å². The summed E-state index contributed by atoms with van der Waals surface area (Å²) in [4.78, 5) is 39.0. The van der Waals surface area contributed by atoms with E-state index in [0.717, 1.165) is 38.9 Å². The van der Waals surface area contributed by atoms with E-state index in [9.17, 15) is 9.59 Å². The van der Waals surface area contributed by atoms with E-state index in [-0.39, 0.29) is 17.9 Å². The van der Waals surface area contributed by atoms with Gasteiger partial charge in [-0.05, 0) is 37.7 Å². The average molecular weight is 478 g/mol. The lowest BCUT2D eigenvalue weighted by Gasteiger charge is -2.27. The third kappa shape index (κ3) is 3.65. The molecule has 4 aromatic rings. The van der Waals surface area contributed by atoms with Gasteiger partial charge < -0.3 is 10.2 Å². The van der Waals surface area contributed by atoms with Gasteiger partial charge in [0.25, 0.3) is 11.8 Å². The second kappa shape index (κ2) is 7.78. The number of fused-ring (bicyclic) bond motifs is 2. The van der Waals surface area contributed by atoms with E-state index in [4.69, 9.17) is 0 Å². The number of benzene rings is 1. The lowest BCUT2D eigenvalue weighted by atomic mass is 10.1. The van der Waals surface area contributed by atoms with Gasteiger partial charge in [-0.3, -0.25) is 14.0 Å². The fraction of sp³-hybridized carbons (Fsp3) is 0.333. The molecule has 3 aromatic heterocycles. The molecule has 3 atom stereocenters. The molecule has 1 saturated heterocycles. The smallest absolute Gasteiger partial charge is 0.274 e. The Balaban J connectivity index is 1.22. The number of amides is 2. The zero-order chi connectivity index (χ0) is 22.7. The molecule has 1 aliphatic heterocycles. The quantitative estimate of drug-likeness (QED) is 0.471. The summed E-state index contributed by atoms with van der Waals surface area (Å²) in [7, 11) is 0. The number of thiazole rings is 2. The van der Waals surface area contributed by atoms with Crippen LogP contribution in [-0.2, 0) is 0 Å². The lowest BCUT2D eigenvalue weighted by Crippen LogP contribution is -2.45. The summed E-state index contributed by atoms with van der Waals surface area (Å²) >= 11 is 3.05. The van der Waals surface area contributed by atoms with Crippen LogP contribution in [0.2, 0.25) is 0 Å². The molecule has 168 valence electrons. The first-order valence-corrected chi connectivity index (χ1v) is 12.7. The molecule has 0 radical (unpaired) electrons. The molecule has 1 saturated carbocycles. The van der Waals surface area contributed by atoms with E-state index in [1.165, 1.54) is 11.3 Å². The van der Waals surface area contributed by atoms with Crippen molar-refractivity contribution in [1.29, 1.82) is 0 Å². The van der Waals surface area contributed by atoms with Gasteiger partial charge in [0.2, 0.25) is 0 Å². The predicted octanol–water partition coefficient (Wildman–Crippen LogP) is 4.03. The van der Waals surface area contributed by atoms with Crippen LogP contribution < -0.4 is 5.32 Å². The molecule has 0 unspecified atom stereocenters. The molecule has 9 heteroatoms. The van der Waals surface area contributed by atoms with Gasteiger partial charge in [0.1, 0.15) is 11.4 Å². The van der Waals surface area contributed by atoms with E-state index in [0.29, 0.717) is 29.8 Å². The van der Waals surface area contributed by atoms with Crippen LogP contribution in [0, 0.1) is 25.7 Å². The fourth-order valence-electron chi connectivity index (χ4n) is 4.88. The standard InChI is InChI=1S/C24H23N5O2S2/c1-13-4-3-5-15(8-13)21-20(26-14(2)33-21)23(31)29-11-16-9-17(16)19(29)10-25-22(30)18-12-28-6-7-32-24(28)27-18/h3-8,12,16-17,19H,9-11H2,1-2H3,(H,25,30)/t16-,17-,19-/m1/s1. The van der Waals surface area contributed by atoms with Crippen LogP contribution in [0.1, 0.15) is 38.0 Å². The molecule has 2 aliphatic rings. The van der Waals surface area contributed by atoms with E-state index in [1.807, 2.05) is 39.9 Å². The Hall–Kier alpha value is -3.04. The summed E-state index contributed by atoms with van der Waals surface area (Å²) in [5.74, 6) is 0.731. The van der Waals surface area contributed by atoms with E-state index in [2.05, 4.69) is 34.3 Å². The second-order valence-electron chi connectivity index (χ2n) is 8.89. The average Bonchev–Trinajstić information content (AvgIpc) is 3.17. The van der Waals surface area contributed by atoms with Crippen molar-refractivity contribution in [1.82, 2.24) is 24.6 Å². The Bertz CT molecular complexity index is 1360. The number of hydrogen-bond donors (Lipinski definition) is 1. The molecule has 7 nitrogen and oxygen atoms in total. The van der Waals surface area contributed by atoms with E-state index in [1.54, 1.807) is 17.5 Å². The first kappa shape index (κ1) is 20.6. The number of hydrogen-bond acceptors (Lipinski definition) is 6. The second-order valence-corrected chi connectivity index (χ2v) is 11.0. The van der Waals surface area contributed by atoms with Crippen molar-refractivity contribution in [3.8, 4) is 10.4 Å². The van der Waals surface area contributed by atoms with Crippen molar-refractivity contribution >= 4 is 39.4 Å². The van der Waals surface area contributed by atoms with Crippen molar-refractivity contribution in [2.24, 2.45) is 11.8 Å². The lowest BCUT2D eigenvalue weighted by molar-refractivity contribution is 0.0690.